The van der Waals surface area contributed by atoms with Crippen LogP contribution in [0, 0.1) is 3.57 Å². The zero-order valence-corrected chi connectivity index (χ0v) is 83.9. The Morgan fingerprint density at radius 2 is 0.562 bits per heavy atom. The number of urea groups is 2. The molecular formula is C94H130BrIN16O32. The number of hydrogen-bond donors (Lipinski definition) is 18. The highest BCUT2D eigenvalue weighted by Crippen LogP contribution is 2.22. The molecule has 0 radical (unpaired) electrons. The van der Waals surface area contributed by atoms with Gasteiger partial charge in [-0.2, -0.15) is 0 Å². The predicted molar refractivity (Wildman–Crippen MR) is 525 cm³/mol. The molecule has 0 saturated carbocycles. The minimum atomic E-state index is -1.40. The van der Waals surface area contributed by atoms with Crippen LogP contribution in [0.2, 0.25) is 0 Å². The molecule has 2 aliphatic rings. The van der Waals surface area contributed by atoms with Crippen LogP contribution in [0.4, 0.5) is 9.59 Å². The summed E-state index contributed by atoms with van der Waals surface area (Å²) in [6.45, 7) is 3.17. The first-order valence-electron chi connectivity index (χ1n) is 46.6. The summed E-state index contributed by atoms with van der Waals surface area (Å²) in [6.07, 6.45) is -0.0848. The van der Waals surface area contributed by atoms with Gasteiger partial charge in [0, 0.05) is 189 Å². The number of carbonyl (C=O) groups is 20. The molecule has 4 aromatic carbocycles. The van der Waals surface area contributed by atoms with Gasteiger partial charge in [0.05, 0.1) is 39.3 Å². The number of aliphatic carboxylic acids is 12. The highest BCUT2D eigenvalue weighted by molar-refractivity contribution is 14.1. The maximum atomic E-state index is 13.9. The van der Waals surface area contributed by atoms with E-state index in [1.165, 1.54) is 13.8 Å². The number of carboxylic acid groups (broad SMARTS) is 12. The lowest BCUT2D eigenvalue weighted by Crippen LogP contribution is -2.52. The number of carboxylic acids is 12. The van der Waals surface area contributed by atoms with E-state index in [1.807, 2.05) is 48.5 Å². The van der Waals surface area contributed by atoms with E-state index in [0.717, 1.165) is 19.2 Å². The van der Waals surface area contributed by atoms with Crippen LogP contribution in [-0.4, -0.2) is 422 Å². The van der Waals surface area contributed by atoms with Gasteiger partial charge in [0.2, 0.25) is 11.8 Å². The first kappa shape index (κ1) is 122. The molecule has 0 aliphatic carbocycles. The fourth-order valence-electron chi connectivity index (χ4n) is 15.6. The van der Waals surface area contributed by atoms with Crippen LogP contribution in [0.15, 0.2) is 102 Å². The predicted octanol–water partition coefficient (Wildman–Crippen LogP) is 2.17. The van der Waals surface area contributed by atoms with Crippen molar-refractivity contribution in [2.75, 3.05) is 157 Å². The first-order valence-corrected chi connectivity index (χ1v) is 48.5. The minimum Gasteiger partial charge on any atom is -0.480 e. The highest BCUT2D eigenvalue weighted by atomic mass is 127. The lowest BCUT2D eigenvalue weighted by molar-refractivity contribution is -0.145. The fourth-order valence-corrected chi connectivity index (χ4v) is 16.3. The zero-order valence-electron chi connectivity index (χ0n) is 80.2. The summed E-state index contributed by atoms with van der Waals surface area (Å²) < 4.78 is 1.81. The van der Waals surface area contributed by atoms with Gasteiger partial charge in [-0.25, -0.2) is 28.8 Å². The second kappa shape index (κ2) is 64.7. The third-order valence-electron chi connectivity index (χ3n) is 23.5. The van der Waals surface area contributed by atoms with Crippen LogP contribution in [0.5, 0.6) is 0 Å². The molecule has 2 fully saturated rings. The van der Waals surface area contributed by atoms with Crippen molar-refractivity contribution in [1.82, 2.24) is 80.9 Å². The number of Topliss-reactive ketones (excluding diaryl/α,β-unsaturated/α-hetero) is 2. The molecule has 0 spiro atoms. The van der Waals surface area contributed by atoms with E-state index in [-0.39, 0.29) is 284 Å². The van der Waals surface area contributed by atoms with E-state index in [0.29, 0.717) is 35.1 Å². The second-order valence-electron chi connectivity index (χ2n) is 34.8. The van der Waals surface area contributed by atoms with Gasteiger partial charge >= 0.3 is 83.7 Å². The van der Waals surface area contributed by atoms with Gasteiger partial charge in [0.25, 0.3) is 11.8 Å². The average molecular weight is 2200 g/mol. The van der Waals surface area contributed by atoms with Crippen molar-refractivity contribution in [2.24, 2.45) is 0 Å². The molecule has 8 amide bonds. The topological polar surface area (TPSA) is 689 Å². The molecule has 0 aromatic heterocycles. The Morgan fingerprint density at radius 3 is 0.812 bits per heavy atom. The molecule has 6 atom stereocenters. The summed E-state index contributed by atoms with van der Waals surface area (Å²) >= 11 is 5.56. The van der Waals surface area contributed by atoms with E-state index in [1.54, 1.807) is 97.5 Å². The van der Waals surface area contributed by atoms with Crippen LogP contribution >= 0.6 is 38.5 Å². The van der Waals surface area contributed by atoms with E-state index in [9.17, 15) is 157 Å². The summed E-state index contributed by atoms with van der Waals surface area (Å²) in [6, 6.07) is 17.9. The largest absolute Gasteiger partial charge is 0.480 e. The van der Waals surface area contributed by atoms with Crippen LogP contribution in [0.25, 0.3) is 0 Å². The molecule has 2 aliphatic heterocycles. The van der Waals surface area contributed by atoms with Gasteiger partial charge in [-0.1, -0.05) is 64.5 Å². The number of nitrogens with zero attached hydrogens (tertiary/aromatic N) is 10. The summed E-state index contributed by atoms with van der Waals surface area (Å²) in [5.74, 6) is -16.8. The maximum absolute atomic E-state index is 13.9. The number of nitrogens with one attached hydrogen (secondary N) is 6. The smallest absolute Gasteiger partial charge is 0.326 e. The molecule has 792 valence electrons. The van der Waals surface area contributed by atoms with E-state index < -0.39 is 132 Å². The fraction of sp³-hybridized carbons (Fsp3) is 0.532. The number of rotatable bonds is 56. The van der Waals surface area contributed by atoms with E-state index >= 15 is 0 Å². The quantitative estimate of drug-likeness (QED) is 0.0222. The van der Waals surface area contributed by atoms with Crippen molar-refractivity contribution in [3.8, 4) is 0 Å². The number of hydrogen-bond acceptors (Lipinski definition) is 28. The van der Waals surface area contributed by atoms with Crippen molar-refractivity contribution in [2.45, 2.75) is 166 Å². The van der Waals surface area contributed by atoms with Crippen molar-refractivity contribution in [1.29, 1.82) is 0 Å². The Bertz CT molecular complexity index is 4610. The molecule has 18 N–H and O–H groups in total. The maximum Gasteiger partial charge on any atom is 0.326 e. The monoisotopic (exact) mass is 2200 g/mol. The summed E-state index contributed by atoms with van der Waals surface area (Å²) in [4.78, 5) is 260. The van der Waals surface area contributed by atoms with Gasteiger partial charge < -0.3 is 113 Å². The van der Waals surface area contributed by atoms with Crippen molar-refractivity contribution in [3.63, 3.8) is 0 Å². The number of carbonyl (C=O) groups excluding carboxylic acids is 8. The van der Waals surface area contributed by atoms with Gasteiger partial charge in [-0.3, -0.25) is 96.7 Å². The van der Waals surface area contributed by atoms with Gasteiger partial charge in [0.1, 0.15) is 47.8 Å². The van der Waals surface area contributed by atoms with Crippen molar-refractivity contribution in [3.05, 3.63) is 138 Å². The third kappa shape index (κ3) is 49.4. The molecule has 2 unspecified atom stereocenters. The van der Waals surface area contributed by atoms with Crippen LogP contribution in [0.1, 0.15) is 147 Å². The SMILES string of the molecule is CC(=O)CC[C@@H](NC(=O)N[C@H](CCCCN(Cc1ccc(Br)cc1)C(=O)c1ccc(CNC(=O)CCC(C(=O)O)N2CCN(CC(=O)O)CCN(CC(=O)O)CCN(CC(=O)O)CC2)cc1)C(=O)O)C(=O)O.CC(=O)CC[C@@H](NC(=O)N[C@H](CCCCN(Cc1ccc(I)cc1)C(=O)c1ccc(CNC(=O)CCC(C(=O)O)N2CCN(CC(=O)O)CCN(CC(=O)O)CCN(CC(=O)O)CC2)cc1)C(=O)O)C(=O)O. The molecule has 6 rings (SSSR count). The van der Waals surface area contributed by atoms with Crippen LogP contribution in [-0.2, 0) is 103 Å². The van der Waals surface area contributed by atoms with Gasteiger partial charge in [-0.15, -0.1) is 0 Å². The Hall–Kier alpha value is -12.8. The molecule has 144 heavy (non-hydrogen) atoms. The number of benzene rings is 4. The summed E-state index contributed by atoms with van der Waals surface area (Å²) in [5.41, 5.74) is 3.55. The number of unbranched alkanes of at least 4 members (excludes halogenated alkanes) is 2. The Morgan fingerprint density at radius 1 is 0.312 bits per heavy atom. The molecule has 2 heterocycles. The normalized spacial score (nSPS) is 15.6. The number of amides is 8. The number of ketones is 2. The molecule has 48 nitrogen and oxygen atoms in total. The Labute approximate surface area is 852 Å². The third-order valence-corrected chi connectivity index (χ3v) is 24.7. The molecule has 50 heteroatoms. The Kier molecular flexibility index (Phi) is 54.7. The van der Waals surface area contributed by atoms with E-state index in [4.69, 9.17) is 0 Å². The lowest BCUT2D eigenvalue weighted by atomic mass is 10.1. The minimum absolute atomic E-state index is 0.0340. The van der Waals surface area contributed by atoms with Crippen molar-refractivity contribution < 1.29 is 157 Å². The van der Waals surface area contributed by atoms with Crippen molar-refractivity contribution >= 4 is 157 Å². The van der Waals surface area contributed by atoms with Gasteiger partial charge in [-0.05, 0) is 171 Å². The molecule has 0 bridgehead atoms. The standard InChI is InChI=1S/C47H65BrN8O16.C47H65IN8O16/c2*1-31(57)5-14-37(45(68)69)51-47(72)50-36(44(66)67)4-2-3-17-56(27-33-8-12-35(48)13-9-33)43(65)34-10-6-32(7-11-34)26-49-39(58)16-15-38(46(70)71)55-24-22-53(29-41(61)62)20-18-52(28-40(59)60)19-21-54(23-25-55)30-42(63)64/h2*6-13,36-38H,2-5,14-30H2,1H3,(H,49,58)(H,59,60)(H,61,62)(H,63,64)(H,66,67)(H,68,69)(H,70,71)(H2,50,51,72)/t2*36-,37-,38?/m11/s1. The van der Waals surface area contributed by atoms with Crippen LogP contribution < -0.4 is 31.9 Å². The molecule has 2 saturated heterocycles. The molecule has 4 aromatic rings. The van der Waals surface area contributed by atoms with E-state index in [2.05, 4.69) is 70.4 Å². The summed E-state index contributed by atoms with van der Waals surface area (Å²) in [5, 5.41) is 131. The van der Waals surface area contributed by atoms with Crippen LogP contribution in [0.3, 0.4) is 0 Å². The second-order valence-corrected chi connectivity index (χ2v) is 37.0. The molecular weight excluding hydrogens is 2070 g/mol. The highest BCUT2D eigenvalue weighted by Gasteiger charge is 2.34. The average Bonchev–Trinajstić information content (AvgIpc) is 0.847. The first-order chi connectivity index (χ1) is 68.2. The lowest BCUT2D eigenvalue weighted by Gasteiger charge is -2.35. The Balaban J connectivity index is 0.000000507. The van der Waals surface area contributed by atoms with Gasteiger partial charge in [0.15, 0.2) is 0 Å². The number of halogens is 2. The zero-order chi connectivity index (χ0) is 107. The summed E-state index contributed by atoms with van der Waals surface area (Å²) in [7, 11) is 0.